The molecule has 0 aliphatic heterocycles. The van der Waals surface area contributed by atoms with Crippen LogP contribution in [0, 0.1) is 6.92 Å². The number of nitrogens with two attached hydrogens (primary N) is 1. The van der Waals surface area contributed by atoms with Gasteiger partial charge in [0.2, 0.25) is 0 Å². The number of hydrogen-bond acceptors (Lipinski definition) is 3. The summed E-state index contributed by atoms with van der Waals surface area (Å²) in [5.74, 6) is 0. The van der Waals surface area contributed by atoms with Crippen molar-refractivity contribution in [1.82, 2.24) is 9.97 Å². The van der Waals surface area contributed by atoms with E-state index in [0.717, 1.165) is 16.2 Å². The normalized spacial score (nSPS) is 12.2. The van der Waals surface area contributed by atoms with Gasteiger partial charge >= 0.3 is 0 Å². The second-order valence-electron chi connectivity index (χ2n) is 4.63. The SMILES string of the molecule is Cc1ccc2nc(SC(C)(C)CN)[nH]c2c1. The Bertz CT molecular complexity index is 502. The van der Waals surface area contributed by atoms with Crippen molar-refractivity contribution < 1.29 is 0 Å². The summed E-state index contributed by atoms with van der Waals surface area (Å²) in [6.45, 7) is 6.96. The predicted octanol–water partition coefficient (Wildman–Crippen LogP) is 2.70. The van der Waals surface area contributed by atoms with Crippen molar-refractivity contribution in [2.24, 2.45) is 5.73 Å². The molecular formula is C12H17N3S. The summed E-state index contributed by atoms with van der Waals surface area (Å²) in [6, 6.07) is 6.23. The number of benzene rings is 1. The maximum atomic E-state index is 5.71. The highest BCUT2D eigenvalue weighted by Crippen LogP contribution is 2.30. The Morgan fingerprint density at radius 2 is 2.19 bits per heavy atom. The molecule has 0 atom stereocenters. The zero-order valence-corrected chi connectivity index (χ0v) is 10.7. The molecule has 4 heteroatoms. The van der Waals surface area contributed by atoms with Gasteiger partial charge in [0.1, 0.15) is 0 Å². The second kappa shape index (κ2) is 4.11. The number of H-pyrrole nitrogens is 1. The molecule has 3 N–H and O–H groups in total. The number of aromatic nitrogens is 2. The first-order chi connectivity index (χ1) is 7.50. The van der Waals surface area contributed by atoms with Gasteiger partial charge in [-0.2, -0.15) is 0 Å². The van der Waals surface area contributed by atoms with Gasteiger partial charge in [0.15, 0.2) is 5.16 Å². The van der Waals surface area contributed by atoms with E-state index >= 15 is 0 Å². The molecule has 0 saturated carbocycles. The van der Waals surface area contributed by atoms with Crippen LogP contribution < -0.4 is 5.73 Å². The Balaban J connectivity index is 2.33. The molecule has 0 fully saturated rings. The van der Waals surface area contributed by atoms with E-state index in [1.165, 1.54) is 5.56 Å². The molecule has 3 nitrogen and oxygen atoms in total. The minimum Gasteiger partial charge on any atom is -0.333 e. The lowest BCUT2D eigenvalue weighted by molar-refractivity contribution is 0.719. The smallest absolute Gasteiger partial charge is 0.166 e. The van der Waals surface area contributed by atoms with Gasteiger partial charge in [-0.15, -0.1) is 0 Å². The molecule has 0 unspecified atom stereocenters. The van der Waals surface area contributed by atoms with E-state index in [2.05, 4.69) is 42.9 Å². The van der Waals surface area contributed by atoms with Gasteiger partial charge in [0.05, 0.1) is 11.0 Å². The van der Waals surface area contributed by atoms with Crippen molar-refractivity contribution in [3.05, 3.63) is 23.8 Å². The quantitative estimate of drug-likeness (QED) is 0.804. The number of aryl methyl sites for hydroxylation is 1. The van der Waals surface area contributed by atoms with Gasteiger partial charge in [-0.1, -0.05) is 17.8 Å². The third-order valence-corrected chi connectivity index (χ3v) is 3.59. The van der Waals surface area contributed by atoms with E-state index in [-0.39, 0.29) is 4.75 Å². The van der Waals surface area contributed by atoms with Crippen LogP contribution in [0.15, 0.2) is 23.4 Å². The number of rotatable bonds is 3. The van der Waals surface area contributed by atoms with E-state index in [0.29, 0.717) is 6.54 Å². The molecule has 16 heavy (non-hydrogen) atoms. The lowest BCUT2D eigenvalue weighted by Crippen LogP contribution is -2.26. The summed E-state index contributed by atoms with van der Waals surface area (Å²) in [4.78, 5) is 7.86. The molecule has 0 amide bonds. The fourth-order valence-corrected chi connectivity index (χ4v) is 2.36. The zero-order chi connectivity index (χ0) is 11.8. The van der Waals surface area contributed by atoms with Crippen molar-refractivity contribution in [3.63, 3.8) is 0 Å². The largest absolute Gasteiger partial charge is 0.333 e. The Hall–Kier alpha value is -1.00. The van der Waals surface area contributed by atoms with Gasteiger partial charge < -0.3 is 10.7 Å². The summed E-state index contributed by atoms with van der Waals surface area (Å²) in [5.41, 5.74) is 9.06. The van der Waals surface area contributed by atoms with Crippen molar-refractivity contribution in [2.45, 2.75) is 30.7 Å². The molecule has 0 spiro atoms. The third kappa shape index (κ3) is 2.39. The summed E-state index contributed by atoms with van der Waals surface area (Å²) in [7, 11) is 0. The first-order valence-corrected chi connectivity index (χ1v) is 6.17. The summed E-state index contributed by atoms with van der Waals surface area (Å²) < 4.78 is 0.0168. The molecule has 0 bridgehead atoms. The minimum absolute atomic E-state index is 0.0168. The summed E-state index contributed by atoms with van der Waals surface area (Å²) in [6.07, 6.45) is 0. The monoisotopic (exact) mass is 235 g/mol. The van der Waals surface area contributed by atoms with E-state index in [1.54, 1.807) is 11.8 Å². The van der Waals surface area contributed by atoms with Gasteiger partial charge in [-0.05, 0) is 38.5 Å². The molecule has 2 aromatic rings. The number of thioether (sulfide) groups is 1. The van der Waals surface area contributed by atoms with Crippen LogP contribution >= 0.6 is 11.8 Å². The average Bonchev–Trinajstić information content (AvgIpc) is 2.58. The standard InChI is InChI=1S/C12H17N3S/c1-8-4-5-9-10(6-8)15-11(14-9)16-12(2,3)7-13/h4-6H,7,13H2,1-3H3,(H,14,15). The van der Waals surface area contributed by atoms with Crippen LogP contribution in [0.2, 0.25) is 0 Å². The average molecular weight is 235 g/mol. The van der Waals surface area contributed by atoms with Crippen LogP contribution in [0.3, 0.4) is 0 Å². The van der Waals surface area contributed by atoms with Crippen LogP contribution in [0.4, 0.5) is 0 Å². The Morgan fingerprint density at radius 3 is 2.88 bits per heavy atom. The second-order valence-corrected chi connectivity index (χ2v) is 6.32. The number of hydrogen-bond donors (Lipinski definition) is 2. The maximum absolute atomic E-state index is 5.71. The third-order valence-electron chi connectivity index (χ3n) is 2.48. The van der Waals surface area contributed by atoms with E-state index in [4.69, 9.17) is 5.73 Å². The highest BCUT2D eigenvalue weighted by Gasteiger charge is 2.19. The Kier molecular flexibility index (Phi) is 2.95. The zero-order valence-electron chi connectivity index (χ0n) is 9.87. The topological polar surface area (TPSA) is 54.7 Å². The number of imidazole rings is 1. The number of aromatic amines is 1. The molecule has 0 aliphatic carbocycles. The fourth-order valence-electron chi connectivity index (χ4n) is 1.45. The molecule has 1 aromatic carbocycles. The highest BCUT2D eigenvalue weighted by molar-refractivity contribution is 8.00. The molecule has 0 saturated heterocycles. The van der Waals surface area contributed by atoms with Gasteiger partial charge in [-0.25, -0.2) is 4.98 Å². The molecular weight excluding hydrogens is 218 g/mol. The molecule has 0 aliphatic rings. The molecule has 1 aromatic heterocycles. The van der Waals surface area contributed by atoms with Crippen LogP contribution in [0.25, 0.3) is 11.0 Å². The first-order valence-electron chi connectivity index (χ1n) is 5.36. The number of fused-ring (bicyclic) bond motifs is 1. The number of nitrogens with zero attached hydrogens (tertiary/aromatic N) is 1. The Labute approximate surface area is 99.8 Å². The lowest BCUT2D eigenvalue weighted by atomic mass is 10.2. The summed E-state index contributed by atoms with van der Waals surface area (Å²) >= 11 is 1.69. The fraction of sp³-hybridized carbons (Fsp3) is 0.417. The minimum atomic E-state index is 0.0168. The number of nitrogens with one attached hydrogen (secondary N) is 1. The predicted molar refractivity (Wildman–Crippen MR) is 69.8 cm³/mol. The van der Waals surface area contributed by atoms with Crippen LogP contribution in [0.1, 0.15) is 19.4 Å². The van der Waals surface area contributed by atoms with E-state index in [1.807, 2.05) is 6.07 Å². The highest BCUT2D eigenvalue weighted by atomic mass is 32.2. The van der Waals surface area contributed by atoms with Gasteiger partial charge in [0, 0.05) is 11.3 Å². The van der Waals surface area contributed by atoms with Crippen LogP contribution in [0.5, 0.6) is 0 Å². The van der Waals surface area contributed by atoms with Crippen LogP contribution in [-0.4, -0.2) is 21.3 Å². The van der Waals surface area contributed by atoms with Gasteiger partial charge in [-0.3, -0.25) is 0 Å². The van der Waals surface area contributed by atoms with Crippen LogP contribution in [-0.2, 0) is 0 Å². The first kappa shape index (κ1) is 11.5. The lowest BCUT2D eigenvalue weighted by Gasteiger charge is -2.19. The van der Waals surface area contributed by atoms with Crippen molar-refractivity contribution in [3.8, 4) is 0 Å². The molecule has 1 heterocycles. The Morgan fingerprint density at radius 1 is 1.44 bits per heavy atom. The van der Waals surface area contributed by atoms with Crippen molar-refractivity contribution >= 4 is 22.8 Å². The van der Waals surface area contributed by atoms with E-state index in [9.17, 15) is 0 Å². The molecule has 2 rings (SSSR count). The maximum Gasteiger partial charge on any atom is 0.166 e. The summed E-state index contributed by atoms with van der Waals surface area (Å²) in [5, 5.41) is 0.941. The van der Waals surface area contributed by atoms with Gasteiger partial charge in [0.25, 0.3) is 0 Å². The molecule has 0 radical (unpaired) electrons. The van der Waals surface area contributed by atoms with E-state index < -0.39 is 0 Å². The molecule has 86 valence electrons. The van der Waals surface area contributed by atoms with Crippen molar-refractivity contribution in [2.75, 3.05) is 6.54 Å². The van der Waals surface area contributed by atoms with Crippen molar-refractivity contribution in [1.29, 1.82) is 0 Å².